The van der Waals surface area contributed by atoms with Crippen molar-refractivity contribution >= 4 is 56.9 Å². The summed E-state index contributed by atoms with van der Waals surface area (Å²) in [6.07, 6.45) is 1.32. The minimum Gasteiger partial charge on any atom is -0.465 e. The number of aromatic amines is 1. The first-order valence-corrected chi connectivity index (χ1v) is 15.3. The summed E-state index contributed by atoms with van der Waals surface area (Å²) < 4.78 is 8.90. The summed E-state index contributed by atoms with van der Waals surface area (Å²) in [6.45, 7) is 10.2. The fraction of sp³-hybridized carbons (Fsp3) is 0.450. The van der Waals surface area contributed by atoms with Crippen LogP contribution in [0.5, 0.6) is 0 Å². The second-order valence-electron chi connectivity index (χ2n) is 8.80. The quantitative estimate of drug-likeness (QED) is 0.233. The Morgan fingerprint density at radius 2 is 2.10 bits per heavy atom. The molecule has 1 aromatic carbocycles. The number of nitrogens with one attached hydrogen (secondary N) is 2. The van der Waals surface area contributed by atoms with Crippen LogP contribution in [-0.2, 0) is 17.9 Å². The summed E-state index contributed by atoms with van der Waals surface area (Å²) >= 11 is 6.69. The largest absolute Gasteiger partial charge is 0.465 e. The first kappa shape index (κ1) is 24.0. The zero-order valence-corrected chi connectivity index (χ0v) is 22.2. The zero-order chi connectivity index (χ0) is 22.8. The predicted octanol–water partition coefficient (Wildman–Crippen LogP) is 5.46. The molecule has 0 radical (unpaired) electrons. The minimum atomic E-state index is -1.12. The van der Waals surface area contributed by atoms with Crippen molar-refractivity contribution in [3.63, 3.8) is 0 Å². The van der Waals surface area contributed by atoms with E-state index in [1.165, 1.54) is 0 Å². The smallest absolute Gasteiger partial charge is 0.405 e. The molecular formula is C20H27Br2N5O3Si. The molecule has 3 N–H and O–H groups in total. The number of rotatable bonds is 9. The minimum absolute atomic E-state index is 0.422. The molecule has 168 valence electrons. The number of aromatic nitrogens is 4. The van der Waals surface area contributed by atoms with Crippen LogP contribution in [-0.4, -0.2) is 45.6 Å². The van der Waals surface area contributed by atoms with Gasteiger partial charge in [-0.1, -0.05) is 25.7 Å². The van der Waals surface area contributed by atoms with Gasteiger partial charge in [0.2, 0.25) is 0 Å². The highest BCUT2D eigenvalue weighted by molar-refractivity contribution is 9.13. The van der Waals surface area contributed by atoms with Gasteiger partial charge in [-0.15, -0.1) is 0 Å². The molecule has 0 aliphatic rings. The van der Waals surface area contributed by atoms with Crippen molar-refractivity contribution in [1.82, 2.24) is 25.1 Å². The maximum absolute atomic E-state index is 11.3. The molecule has 1 unspecified atom stereocenters. The molecule has 1 atom stereocenters. The van der Waals surface area contributed by atoms with E-state index in [9.17, 15) is 9.90 Å². The SMILES string of the molecule is Cc1cc(CC(NC(=O)O)c2nc(Br)c(Br)[nH]2)cc2cn(COCC[Si](C)(C)C)nc12. The third-order valence-corrected chi connectivity index (χ3v) is 8.22. The Hall–Kier alpha value is -1.69. The maximum Gasteiger partial charge on any atom is 0.405 e. The van der Waals surface area contributed by atoms with E-state index in [-0.39, 0.29) is 0 Å². The summed E-state index contributed by atoms with van der Waals surface area (Å²) in [4.78, 5) is 18.8. The van der Waals surface area contributed by atoms with Gasteiger partial charge < -0.3 is 20.1 Å². The van der Waals surface area contributed by atoms with E-state index in [4.69, 9.17) is 4.74 Å². The fourth-order valence-corrected chi connectivity index (χ4v) is 4.61. The van der Waals surface area contributed by atoms with Crippen molar-refractivity contribution in [3.05, 3.63) is 44.5 Å². The number of H-pyrrole nitrogens is 1. The molecule has 2 heterocycles. The molecular weight excluding hydrogens is 546 g/mol. The highest BCUT2D eigenvalue weighted by Crippen LogP contribution is 2.26. The van der Waals surface area contributed by atoms with Gasteiger partial charge in [0.1, 0.15) is 21.8 Å². The molecule has 11 heteroatoms. The van der Waals surface area contributed by atoms with Crippen LogP contribution in [0.4, 0.5) is 4.79 Å². The van der Waals surface area contributed by atoms with Crippen molar-refractivity contribution in [2.24, 2.45) is 0 Å². The zero-order valence-electron chi connectivity index (χ0n) is 18.0. The number of hydrogen-bond donors (Lipinski definition) is 3. The van der Waals surface area contributed by atoms with Gasteiger partial charge in [-0.2, -0.15) is 5.10 Å². The van der Waals surface area contributed by atoms with Gasteiger partial charge in [0.05, 0.1) is 11.6 Å². The first-order valence-electron chi connectivity index (χ1n) is 9.96. The van der Waals surface area contributed by atoms with Crippen LogP contribution in [0, 0.1) is 6.92 Å². The van der Waals surface area contributed by atoms with Crippen LogP contribution < -0.4 is 5.32 Å². The molecule has 0 spiro atoms. The average molecular weight is 573 g/mol. The molecule has 0 saturated heterocycles. The molecule has 0 bridgehead atoms. The number of fused-ring (bicyclic) bond motifs is 1. The van der Waals surface area contributed by atoms with Gasteiger partial charge in [0, 0.05) is 32.7 Å². The molecule has 0 aliphatic carbocycles. The van der Waals surface area contributed by atoms with Crippen molar-refractivity contribution in [2.75, 3.05) is 6.61 Å². The van der Waals surface area contributed by atoms with Crippen LogP contribution in [0.2, 0.25) is 25.7 Å². The maximum atomic E-state index is 11.3. The number of hydrogen-bond acceptors (Lipinski definition) is 4. The number of ether oxygens (including phenoxy) is 1. The Kier molecular flexibility index (Phi) is 7.61. The Morgan fingerprint density at radius 1 is 1.35 bits per heavy atom. The van der Waals surface area contributed by atoms with E-state index in [1.807, 2.05) is 29.9 Å². The summed E-state index contributed by atoms with van der Waals surface area (Å²) in [7, 11) is -1.12. The van der Waals surface area contributed by atoms with Crippen LogP contribution in [0.3, 0.4) is 0 Å². The number of imidazole rings is 1. The molecule has 0 aliphatic heterocycles. The Balaban J connectivity index is 1.77. The number of carbonyl (C=O) groups is 1. The number of amides is 1. The summed E-state index contributed by atoms with van der Waals surface area (Å²) in [5.41, 5.74) is 2.94. The van der Waals surface area contributed by atoms with Gasteiger partial charge in [0.25, 0.3) is 0 Å². The average Bonchev–Trinajstić information content (AvgIpc) is 3.21. The normalized spacial score (nSPS) is 13.0. The van der Waals surface area contributed by atoms with Crippen molar-refractivity contribution < 1.29 is 14.6 Å². The predicted molar refractivity (Wildman–Crippen MR) is 130 cm³/mol. The van der Waals surface area contributed by atoms with Crippen molar-refractivity contribution in [2.45, 2.75) is 51.8 Å². The lowest BCUT2D eigenvalue weighted by atomic mass is 10.0. The fourth-order valence-electron chi connectivity index (χ4n) is 3.27. The molecule has 3 aromatic rings. The topological polar surface area (TPSA) is 105 Å². The number of carboxylic acid groups (broad SMARTS) is 1. The number of benzene rings is 1. The van der Waals surface area contributed by atoms with E-state index in [0.717, 1.165) is 34.7 Å². The van der Waals surface area contributed by atoms with Crippen LogP contribution in [0.25, 0.3) is 10.9 Å². The third kappa shape index (κ3) is 6.64. The van der Waals surface area contributed by atoms with Crippen LogP contribution >= 0.6 is 31.9 Å². The summed E-state index contributed by atoms with van der Waals surface area (Å²) in [5.74, 6) is 0.533. The second kappa shape index (κ2) is 9.84. The Morgan fingerprint density at radius 3 is 2.71 bits per heavy atom. The van der Waals surface area contributed by atoms with E-state index in [1.54, 1.807) is 0 Å². The van der Waals surface area contributed by atoms with E-state index >= 15 is 0 Å². The highest BCUT2D eigenvalue weighted by atomic mass is 79.9. The highest BCUT2D eigenvalue weighted by Gasteiger charge is 2.21. The molecule has 0 saturated carbocycles. The van der Waals surface area contributed by atoms with E-state index < -0.39 is 20.2 Å². The molecule has 0 fully saturated rings. The lowest BCUT2D eigenvalue weighted by Gasteiger charge is -2.15. The van der Waals surface area contributed by atoms with Gasteiger partial charge in [-0.05, 0) is 62.0 Å². The van der Waals surface area contributed by atoms with Gasteiger partial charge >= 0.3 is 6.09 Å². The summed E-state index contributed by atoms with van der Waals surface area (Å²) in [5, 5.41) is 17.5. The summed E-state index contributed by atoms with van der Waals surface area (Å²) in [6, 6.07) is 4.68. The van der Waals surface area contributed by atoms with Crippen LogP contribution in [0.15, 0.2) is 27.5 Å². The number of nitrogens with zero attached hydrogens (tertiary/aromatic N) is 3. The number of aryl methyl sites for hydroxylation is 1. The molecule has 3 rings (SSSR count). The van der Waals surface area contributed by atoms with Gasteiger partial charge in [-0.25, -0.2) is 14.5 Å². The lowest BCUT2D eigenvalue weighted by Crippen LogP contribution is -2.29. The van der Waals surface area contributed by atoms with Crippen molar-refractivity contribution in [1.29, 1.82) is 0 Å². The molecule has 2 aromatic heterocycles. The molecule has 1 amide bonds. The van der Waals surface area contributed by atoms with Crippen molar-refractivity contribution in [3.8, 4) is 0 Å². The standard InChI is InChI=1S/C20H27Br2N5O3Si/c1-12-7-13(9-15(23-20(28)29)19-24-17(21)18(22)25-19)8-14-10-27(26-16(12)14)11-30-5-6-31(2,3)4/h7-8,10,15,23H,5-6,9,11H2,1-4H3,(H,24,25)(H,28,29). The monoisotopic (exact) mass is 571 g/mol. The first-order chi connectivity index (χ1) is 14.5. The van der Waals surface area contributed by atoms with E-state index in [2.05, 4.69) is 71.9 Å². The molecule has 8 nitrogen and oxygen atoms in total. The lowest BCUT2D eigenvalue weighted by molar-refractivity contribution is 0.0791. The number of halogens is 2. The van der Waals surface area contributed by atoms with Gasteiger partial charge in [0.15, 0.2) is 0 Å². The second-order valence-corrected chi connectivity index (χ2v) is 16.0. The van der Waals surface area contributed by atoms with Crippen LogP contribution in [0.1, 0.15) is 23.0 Å². The Bertz CT molecular complexity index is 1060. The Labute approximate surface area is 199 Å². The van der Waals surface area contributed by atoms with E-state index in [0.29, 0.717) is 28.2 Å². The molecule has 31 heavy (non-hydrogen) atoms. The van der Waals surface area contributed by atoms with Gasteiger partial charge in [-0.3, -0.25) is 0 Å². The third-order valence-electron chi connectivity index (χ3n) is 4.83.